The molecule has 5 heteroatoms. The van der Waals surface area contributed by atoms with Gasteiger partial charge in [0, 0.05) is 50.9 Å². The number of likely N-dealkylation sites (tertiary alicyclic amines) is 1. The van der Waals surface area contributed by atoms with Crippen molar-refractivity contribution in [3.8, 4) is 0 Å². The van der Waals surface area contributed by atoms with Crippen LogP contribution in [0.15, 0.2) is 12.4 Å². The second-order valence-corrected chi connectivity index (χ2v) is 6.49. The van der Waals surface area contributed by atoms with Crippen molar-refractivity contribution in [2.75, 3.05) is 27.2 Å². The minimum atomic E-state index is 0.275. The second-order valence-electron chi connectivity index (χ2n) is 6.49. The van der Waals surface area contributed by atoms with Crippen LogP contribution in [0, 0.1) is 0 Å². The van der Waals surface area contributed by atoms with Crippen molar-refractivity contribution < 1.29 is 4.79 Å². The number of piperidine rings is 1. The number of carbonyl (C=O) groups is 1. The lowest BCUT2D eigenvalue weighted by molar-refractivity contribution is -0.133. The smallest absolute Gasteiger partial charge is 0.223 e. The van der Waals surface area contributed by atoms with Gasteiger partial charge in [-0.05, 0) is 33.4 Å². The number of aryl methyl sites for hydroxylation is 2. The molecule has 1 aliphatic rings. The Balaban J connectivity index is 1.83. The summed E-state index contributed by atoms with van der Waals surface area (Å²) in [6.07, 6.45) is 9.83. The molecule has 1 amide bonds. The molecule has 1 atom stereocenters. The Bertz CT molecular complexity index is 469. The second kappa shape index (κ2) is 8.32. The van der Waals surface area contributed by atoms with Crippen LogP contribution >= 0.6 is 0 Å². The van der Waals surface area contributed by atoms with E-state index in [0.717, 1.165) is 44.7 Å². The summed E-state index contributed by atoms with van der Waals surface area (Å²) >= 11 is 0. The Kier molecular flexibility index (Phi) is 6.43. The molecule has 124 valence electrons. The van der Waals surface area contributed by atoms with Crippen LogP contribution < -0.4 is 0 Å². The lowest BCUT2D eigenvalue weighted by Gasteiger charge is -2.36. The van der Waals surface area contributed by atoms with Crippen molar-refractivity contribution in [2.45, 2.75) is 58.0 Å². The molecular formula is C17H30N4O. The maximum atomic E-state index is 12.5. The van der Waals surface area contributed by atoms with Crippen LogP contribution in [-0.4, -0.2) is 58.5 Å². The Morgan fingerprint density at radius 2 is 2.27 bits per heavy atom. The minimum Gasteiger partial charge on any atom is -0.341 e. The molecule has 2 rings (SSSR count). The van der Waals surface area contributed by atoms with E-state index in [1.807, 2.05) is 17.3 Å². The van der Waals surface area contributed by atoms with E-state index in [2.05, 4.69) is 35.5 Å². The van der Waals surface area contributed by atoms with E-state index in [4.69, 9.17) is 0 Å². The average molecular weight is 306 g/mol. The van der Waals surface area contributed by atoms with Crippen molar-refractivity contribution >= 4 is 5.91 Å². The number of carbonyl (C=O) groups excluding carboxylic acids is 1. The summed E-state index contributed by atoms with van der Waals surface area (Å²) in [7, 11) is 4.20. The van der Waals surface area contributed by atoms with Gasteiger partial charge in [-0.1, -0.05) is 13.3 Å². The molecule has 0 spiro atoms. The van der Waals surface area contributed by atoms with Gasteiger partial charge in [0.1, 0.15) is 5.82 Å². The zero-order chi connectivity index (χ0) is 15.9. The van der Waals surface area contributed by atoms with Gasteiger partial charge in [0.2, 0.25) is 5.91 Å². The third-order valence-electron chi connectivity index (χ3n) is 4.60. The topological polar surface area (TPSA) is 41.4 Å². The van der Waals surface area contributed by atoms with Crippen LogP contribution in [0.25, 0.3) is 0 Å². The van der Waals surface area contributed by atoms with Crippen molar-refractivity contribution in [3.63, 3.8) is 0 Å². The largest absolute Gasteiger partial charge is 0.341 e. The predicted octanol–water partition coefficient (Wildman–Crippen LogP) is 2.17. The normalized spacial score (nSPS) is 18.9. The number of aromatic nitrogens is 2. The number of hydrogen-bond donors (Lipinski definition) is 0. The molecule has 5 nitrogen and oxygen atoms in total. The first-order valence-electron chi connectivity index (χ1n) is 8.56. The molecule has 0 saturated carbocycles. The average Bonchev–Trinajstić information content (AvgIpc) is 2.98. The van der Waals surface area contributed by atoms with Crippen LogP contribution in [0.1, 0.15) is 44.9 Å². The van der Waals surface area contributed by atoms with Gasteiger partial charge in [-0.25, -0.2) is 4.98 Å². The number of hydrogen-bond acceptors (Lipinski definition) is 3. The van der Waals surface area contributed by atoms with Gasteiger partial charge in [-0.2, -0.15) is 0 Å². The number of unbranched alkanes of at least 4 members (excludes halogenated alkanes) is 1. The van der Waals surface area contributed by atoms with E-state index in [-0.39, 0.29) is 5.91 Å². The van der Waals surface area contributed by atoms with Crippen LogP contribution in [0.4, 0.5) is 0 Å². The molecule has 0 bridgehead atoms. The third kappa shape index (κ3) is 4.57. The van der Waals surface area contributed by atoms with Crippen molar-refractivity contribution in [1.82, 2.24) is 19.4 Å². The van der Waals surface area contributed by atoms with Crippen molar-refractivity contribution in [1.29, 1.82) is 0 Å². The molecule has 0 aromatic carbocycles. The summed E-state index contributed by atoms with van der Waals surface area (Å²) in [5.41, 5.74) is 0. The van der Waals surface area contributed by atoms with Crippen LogP contribution in [-0.2, 0) is 17.8 Å². The van der Waals surface area contributed by atoms with Gasteiger partial charge >= 0.3 is 0 Å². The monoisotopic (exact) mass is 306 g/mol. The predicted molar refractivity (Wildman–Crippen MR) is 88.7 cm³/mol. The molecule has 2 heterocycles. The van der Waals surface area contributed by atoms with Crippen LogP contribution in [0.5, 0.6) is 0 Å². The first-order chi connectivity index (χ1) is 10.6. The van der Waals surface area contributed by atoms with Crippen LogP contribution in [0.3, 0.4) is 0 Å². The molecule has 1 saturated heterocycles. The minimum absolute atomic E-state index is 0.275. The SMILES string of the molecule is CCCCn1ccnc1CCC(=O)N1CCCC(N(C)C)C1. The standard InChI is InChI=1S/C17H30N4O/c1-4-5-11-20-13-10-18-16(20)8-9-17(22)21-12-6-7-15(14-21)19(2)3/h10,13,15H,4-9,11-12,14H2,1-3H3. The molecule has 1 aromatic heterocycles. The zero-order valence-electron chi connectivity index (χ0n) is 14.3. The number of likely N-dealkylation sites (N-methyl/N-ethyl adjacent to an activating group) is 1. The highest BCUT2D eigenvalue weighted by atomic mass is 16.2. The summed E-state index contributed by atoms with van der Waals surface area (Å²) in [5, 5.41) is 0. The van der Waals surface area contributed by atoms with E-state index < -0.39 is 0 Å². The molecule has 22 heavy (non-hydrogen) atoms. The molecule has 1 aromatic rings. The fourth-order valence-corrected chi connectivity index (χ4v) is 3.08. The lowest BCUT2D eigenvalue weighted by atomic mass is 10.0. The Morgan fingerprint density at radius 1 is 1.45 bits per heavy atom. The lowest BCUT2D eigenvalue weighted by Crippen LogP contribution is -2.47. The van der Waals surface area contributed by atoms with Gasteiger partial charge in [0.25, 0.3) is 0 Å². The van der Waals surface area contributed by atoms with E-state index in [1.54, 1.807) is 0 Å². The van der Waals surface area contributed by atoms with Gasteiger partial charge in [0.05, 0.1) is 0 Å². The quantitative estimate of drug-likeness (QED) is 0.775. The zero-order valence-corrected chi connectivity index (χ0v) is 14.3. The third-order valence-corrected chi connectivity index (χ3v) is 4.60. The highest BCUT2D eigenvalue weighted by molar-refractivity contribution is 5.76. The number of imidazole rings is 1. The molecular weight excluding hydrogens is 276 g/mol. The Morgan fingerprint density at radius 3 is 3.00 bits per heavy atom. The van der Waals surface area contributed by atoms with E-state index in [9.17, 15) is 4.79 Å². The number of amides is 1. The van der Waals surface area contributed by atoms with Gasteiger partial charge in [-0.15, -0.1) is 0 Å². The van der Waals surface area contributed by atoms with Crippen LogP contribution in [0.2, 0.25) is 0 Å². The molecule has 0 aliphatic carbocycles. The first kappa shape index (κ1) is 17.0. The fraction of sp³-hybridized carbons (Fsp3) is 0.765. The Hall–Kier alpha value is -1.36. The highest BCUT2D eigenvalue weighted by Gasteiger charge is 2.24. The molecule has 1 unspecified atom stereocenters. The van der Waals surface area contributed by atoms with Gasteiger partial charge in [-0.3, -0.25) is 4.79 Å². The summed E-state index contributed by atoms with van der Waals surface area (Å²) < 4.78 is 2.19. The summed E-state index contributed by atoms with van der Waals surface area (Å²) in [6.45, 7) is 4.98. The summed E-state index contributed by atoms with van der Waals surface area (Å²) in [4.78, 5) is 21.1. The van der Waals surface area contributed by atoms with Crippen molar-refractivity contribution in [3.05, 3.63) is 18.2 Å². The van der Waals surface area contributed by atoms with E-state index in [1.165, 1.54) is 12.8 Å². The maximum Gasteiger partial charge on any atom is 0.223 e. The maximum absolute atomic E-state index is 12.5. The van der Waals surface area contributed by atoms with E-state index >= 15 is 0 Å². The number of nitrogens with zero attached hydrogens (tertiary/aromatic N) is 4. The molecule has 1 aliphatic heterocycles. The number of rotatable bonds is 7. The molecule has 0 radical (unpaired) electrons. The van der Waals surface area contributed by atoms with E-state index in [0.29, 0.717) is 12.5 Å². The highest BCUT2D eigenvalue weighted by Crippen LogP contribution is 2.15. The Labute approximate surface area is 134 Å². The van der Waals surface area contributed by atoms with Crippen molar-refractivity contribution in [2.24, 2.45) is 0 Å². The van der Waals surface area contributed by atoms with Gasteiger partial charge < -0.3 is 14.4 Å². The molecule has 0 N–H and O–H groups in total. The fourth-order valence-electron chi connectivity index (χ4n) is 3.08. The summed E-state index contributed by atoms with van der Waals surface area (Å²) in [6, 6.07) is 0.504. The summed E-state index contributed by atoms with van der Waals surface area (Å²) in [5.74, 6) is 1.32. The first-order valence-corrected chi connectivity index (χ1v) is 8.56. The van der Waals surface area contributed by atoms with Gasteiger partial charge in [0.15, 0.2) is 0 Å². The molecule has 1 fully saturated rings.